The van der Waals surface area contributed by atoms with Crippen LogP contribution in [-0.2, 0) is 23.9 Å². The van der Waals surface area contributed by atoms with Crippen LogP contribution in [0.3, 0.4) is 0 Å². The zero-order valence-electron chi connectivity index (χ0n) is 24.2. The van der Waals surface area contributed by atoms with E-state index in [-0.39, 0.29) is 29.6 Å². The van der Waals surface area contributed by atoms with Gasteiger partial charge in [-0.1, -0.05) is 84.0 Å². The van der Waals surface area contributed by atoms with Crippen LogP contribution < -0.4 is 5.43 Å². The second-order valence-corrected chi connectivity index (χ2v) is 11.6. The smallest absolute Gasteiger partial charge is 0.312 e. The second kappa shape index (κ2) is 16.3. The van der Waals surface area contributed by atoms with Crippen LogP contribution in [0.4, 0.5) is 0 Å². The second-order valence-electron chi connectivity index (χ2n) is 11.6. The maximum atomic E-state index is 13.8. The van der Waals surface area contributed by atoms with Crippen molar-refractivity contribution < 1.29 is 23.9 Å². The van der Waals surface area contributed by atoms with E-state index in [4.69, 9.17) is 9.47 Å². The SMILES string of the molecule is CC(C)CC(=O)N(CC(C)C)NC(=O)[C@H](CC(C)C)[C@H](C/C=C/c1ccccc1)C(=O)OC1CCCCO1. The Hall–Kier alpha value is -2.67. The molecule has 1 aromatic rings. The minimum absolute atomic E-state index is 0.121. The number of allylic oxidation sites excluding steroid dienone is 1. The molecule has 2 amide bonds. The number of nitrogens with one attached hydrogen (secondary N) is 1. The molecule has 1 saturated heterocycles. The van der Waals surface area contributed by atoms with Gasteiger partial charge in [-0.25, -0.2) is 0 Å². The van der Waals surface area contributed by atoms with Gasteiger partial charge in [-0.3, -0.25) is 24.8 Å². The Bertz CT molecular complexity index is 891. The topological polar surface area (TPSA) is 84.9 Å². The Morgan fingerprint density at radius 1 is 1.00 bits per heavy atom. The number of amides is 2. The van der Waals surface area contributed by atoms with Gasteiger partial charge in [0.05, 0.1) is 18.4 Å². The molecule has 0 aliphatic carbocycles. The van der Waals surface area contributed by atoms with Crippen LogP contribution in [0.1, 0.15) is 85.6 Å². The molecule has 7 heteroatoms. The fourth-order valence-corrected chi connectivity index (χ4v) is 4.57. The van der Waals surface area contributed by atoms with Gasteiger partial charge >= 0.3 is 5.97 Å². The van der Waals surface area contributed by atoms with Gasteiger partial charge in [0.25, 0.3) is 0 Å². The van der Waals surface area contributed by atoms with E-state index in [2.05, 4.69) is 5.43 Å². The number of carbonyl (C=O) groups excluding carboxylic acids is 3. The maximum absolute atomic E-state index is 13.8. The van der Waals surface area contributed by atoms with Gasteiger partial charge in [0, 0.05) is 19.4 Å². The highest BCUT2D eigenvalue weighted by Gasteiger charge is 2.37. The monoisotopic (exact) mass is 528 g/mol. The number of hydrazine groups is 1. The summed E-state index contributed by atoms with van der Waals surface area (Å²) in [5.41, 5.74) is 3.90. The summed E-state index contributed by atoms with van der Waals surface area (Å²) in [7, 11) is 0. The Labute approximate surface area is 229 Å². The Kier molecular flexibility index (Phi) is 13.6. The molecule has 1 aliphatic heterocycles. The molecule has 2 rings (SSSR count). The Morgan fingerprint density at radius 2 is 1.71 bits per heavy atom. The number of hydrogen-bond acceptors (Lipinski definition) is 5. The van der Waals surface area contributed by atoms with E-state index in [1.165, 1.54) is 5.01 Å². The van der Waals surface area contributed by atoms with Crippen molar-refractivity contribution in [3.05, 3.63) is 42.0 Å². The summed E-state index contributed by atoms with van der Waals surface area (Å²) in [5.74, 6) is -1.73. The molecule has 0 spiro atoms. The van der Waals surface area contributed by atoms with Crippen LogP contribution in [0.25, 0.3) is 6.08 Å². The van der Waals surface area contributed by atoms with Crippen LogP contribution in [0.2, 0.25) is 0 Å². The number of ether oxygens (including phenoxy) is 2. The van der Waals surface area contributed by atoms with Gasteiger partial charge < -0.3 is 9.47 Å². The van der Waals surface area contributed by atoms with Crippen molar-refractivity contribution >= 4 is 23.9 Å². The van der Waals surface area contributed by atoms with E-state index in [0.29, 0.717) is 38.8 Å². The van der Waals surface area contributed by atoms with Gasteiger partial charge in [0.2, 0.25) is 18.1 Å². The largest absolute Gasteiger partial charge is 0.436 e. The first-order valence-electron chi connectivity index (χ1n) is 14.2. The molecule has 0 radical (unpaired) electrons. The molecule has 1 heterocycles. The standard InChI is InChI=1S/C31H48N2O5/c1-22(2)19-27(30(35)32-33(21-24(5)6)28(34)20-23(3)4)26(16-12-15-25-13-8-7-9-14-25)31(36)38-29-17-10-11-18-37-29/h7-9,12-15,22-24,26-27,29H,10-11,16-21H2,1-6H3,(H,32,35)/b15-12+/t26-,27+,29?/m0/s1. The fourth-order valence-electron chi connectivity index (χ4n) is 4.57. The summed E-state index contributed by atoms with van der Waals surface area (Å²) in [6.07, 6.45) is 7.03. The van der Waals surface area contributed by atoms with Gasteiger partial charge in [0.15, 0.2) is 0 Å². The van der Waals surface area contributed by atoms with Crippen LogP contribution in [0, 0.1) is 29.6 Å². The minimum atomic E-state index is -0.705. The van der Waals surface area contributed by atoms with E-state index in [0.717, 1.165) is 18.4 Å². The number of rotatable bonds is 13. The van der Waals surface area contributed by atoms with Crippen molar-refractivity contribution in [2.24, 2.45) is 29.6 Å². The van der Waals surface area contributed by atoms with E-state index in [1.807, 2.05) is 84.0 Å². The first kappa shape index (κ1) is 31.5. The van der Waals surface area contributed by atoms with E-state index in [9.17, 15) is 14.4 Å². The number of carbonyl (C=O) groups is 3. The molecular formula is C31H48N2O5. The van der Waals surface area contributed by atoms with Crippen molar-refractivity contribution in [1.29, 1.82) is 0 Å². The highest BCUT2D eigenvalue weighted by Crippen LogP contribution is 2.28. The predicted octanol–water partition coefficient (Wildman–Crippen LogP) is 6.00. The lowest BCUT2D eigenvalue weighted by Crippen LogP contribution is -2.52. The molecule has 0 aromatic heterocycles. The fraction of sp³-hybridized carbons (Fsp3) is 0.645. The number of hydrogen-bond donors (Lipinski definition) is 1. The van der Waals surface area contributed by atoms with E-state index >= 15 is 0 Å². The highest BCUT2D eigenvalue weighted by molar-refractivity contribution is 5.87. The Morgan fingerprint density at radius 3 is 2.29 bits per heavy atom. The lowest BCUT2D eigenvalue weighted by atomic mass is 9.82. The molecule has 1 N–H and O–H groups in total. The van der Waals surface area contributed by atoms with Crippen LogP contribution >= 0.6 is 0 Å². The molecule has 7 nitrogen and oxygen atoms in total. The average Bonchev–Trinajstić information content (AvgIpc) is 2.85. The van der Waals surface area contributed by atoms with Gasteiger partial charge in [-0.2, -0.15) is 0 Å². The Balaban J connectivity index is 2.30. The molecule has 38 heavy (non-hydrogen) atoms. The molecule has 1 aromatic carbocycles. The number of esters is 1. The highest BCUT2D eigenvalue weighted by atomic mass is 16.7. The molecule has 3 atom stereocenters. The van der Waals surface area contributed by atoms with E-state index in [1.54, 1.807) is 0 Å². The summed E-state index contributed by atoms with van der Waals surface area (Å²) >= 11 is 0. The maximum Gasteiger partial charge on any atom is 0.312 e. The van der Waals surface area contributed by atoms with Crippen LogP contribution in [0.5, 0.6) is 0 Å². The minimum Gasteiger partial charge on any atom is -0.436 e. The summed E-state index contributed by atoms with van der Waals surface area (Å²) < 4.78 is 11.4. The molecular weight excluding hydrogens is 480 g/mol. The zero-order valence-corrected chi connectivity index (χ0v) is 24.2. The number of benzene rings is 1. The van der Waals surface area contributed by atoms with Gasteiger partial charge in [-0.15, -0.1) is 0 Å². The first-order chi connectivity index (χ1) is 18.1. The molecule has 0 saturated carbocycles. The quantitative estimate of drug-likeness (QED) is 0.251. The van der Waals surface area contributed by atoms with E-state index < -0.39 is 24.1 Å². The molecule has 0 bridgehead atoms. The third-order valence-corrected chi connectivity index (χ3v) is 6.41. The van der Waals surface area contributed by atoms with Gasteiger partial charge in [0.1, 0.15) is 0 Å². The van der Waals surface area contributed by atoms with Gasteiger partial charge in [-0.05, 0) is 49.0 Å². The molecule has 1 unspecified atom stereocenters. The third-order valence-electron chi connectivity index (χ3n) is 6.41. The molecule has 212 valence electrons. The third kappa shape index (κ3) is 11.4. The van der Waals surface area contributed by atoms with Crippen molar-refractivity contribution in [2.75, 3.05) is 13.2 Å². The summed E-state index contributed by atoms with van der Waals surface area (Å²) in [5, 5.41) is 1.44. The summed E-state index contributed by atoms with van der Waals surface area (Å²) in [4.78, 5) is 40.2. The van der Waals surface area contributed by atoms with Crippen molar-refractivity contribution in [3.63, 3.8) is 0 Å². The molecule has 1 fully saturated rings. The molecule has 1 aliphatic rings. The zero-order chi connectivity index (χ0) is 28.1. The lowest BCUT2D eigenvalue weighted by Gasteiger charge is -2.32. The summed E-state index contributed by atoms with van der Waals surface area (Å²) in [6.45, 7) is 13.0. The first-order valence-corrected chi connectivity index (χ1v) is 14.2. The summed E-state index contributed by atoms with van der Waals surface area (Å²) in [6, 6.07) is 9.84. The predicted molar refractivity (Wildman–Crippen MR) is 150 cm³/mol. The van der Waals surface area contributed by atoms with Crippen molar-refractivity contribution in [2.45, 2.75) is 86.4 Å². The lowest BCUT2D eigenvalue weighted by molar-refractivity contribution is -0.193. The average molecular weight is 529 g/mol. The van der Waals surface area contributed by atoms with Crippen molar-refractivity contribution in [3.8, 4) is 0 Å². The van der Waals surface area contributed by atoms with Crippen LogP contribution in [-0.4, -0.2) is 42.2 Å². The van der Waals surface area contributed by atoms with Crippen molar-refractivity contribution in [1.82, 2.24) is 10.4 Å². The number of nitrogens with zero attached hydrogens (tertiary/aromatic N) is 1. The van der Waals surface area contributed by atoms with Crippen LogP contribution in [0.15, 0.2) is 36.4 Å². The normalized spacial score (nSPS) is 17.6.